The van der Waals surface area contributed by atoms with Gasteiger partial charge in [-0.3, -0.25) is 9.47 Å². The van der Waals surface area contributed by atoms with E-state index >= 15 is 0 Å². The summed E-state index contributed by atoms with van der Waals surface area (Å²) in [4.78, 5) is 2.38. The molecule has 1 saturated heterocycles. The summed E-state index contributed by atoms with van der Waals surface area (Å²) in [6.45, 7) is 3.28. The monoisotopic (exact) mass is 394 g/mol. The number of likely N-dealkylation sites (tertiary alicyclic amines) is 1. The number of fused-ring (bicyclic) bond motifs is 1. The number of hydrogen-bond donors (Lipinski definition) is 0. The number of hydrogen-bond acceptors (Lipinski definition) is 5. The molecule has 0 N–H and O–H groups in total. The summed E-state index contributed by atoms with van der Waals surface area (Å²) < 4.78 is 16.8. The zero-order chi connectivity index (χ0) is 18.9. The fourth-order valence-corrected chi connectivity index (χ4v) is 4.10. The Bertz CT molecular complexity index is 1020. The second kappa shape index (κ2) is 7.41. The van der Waals surface area contributed by atoms with Crippen molar-refractivity contribution in [1.82, 2.24) is 19.2 Å². The van der Waals surface area contributed by atoms with Crippen LogP contribution in [0.5, 0.6) is 11.5 Å². The van der Waals surface area contributed by atoms with Crippen LogP contribution >= 0.6 is 12.2 Å². The van der Waals surface area contributed by atoms with Gasteiger partial charge >= 0.3 is 0 Å². The maximum atomic E-state index is 6.24. The molecule has 2 aliphatic rings. The highest BCUT2D eigenvalue weighted by Crippen LogP contribution is 2.36. The largest absolute Gasteiger partial charge is 0.485 e. The molecule has 6 nitrogen and oxygen atoms in total. The Balaban J connectivity index is 1.55. The van der Waals surface area contributed by atoms with Crippen LogP contribution in [0.25, 0.3) is 5.69 Å². The van der Waals surface area contributed by atoms with E-state index in [2.05, 4.69) is 4.90 Å². The van der Waals surface area contributed by atoms with Crippen LogP contribution in [0.1, 0.15) is 24.8 Å². The van der Waals surface area contributed by atoms with Crippen molar-refractivity contribution in [2.45, 2.75) is 25.6 Å². The Morgan fingerprint density at radius 1 is 0.964 bits per heavy atom. The molecule has 3 heterocycles. The van der Waals surface area contributed by atoms with E-state index in [0.29, 0.717) is 18.0 Å². The van der Waals surface area contributed by atoms with Crippen LogP contribution in [0.4, 0.5) is 0 Å². The zero-order valence-corrected chi connectivity index (χ0v) is 16.3. The summed E-state index contributed by atoms with van der Waals surface area (Å²) in [6, 6.07) is 17.8. The molecule has 1 fully saturated rings. The van der Waals surface area contributed by atoms with Gasteiger partial charge in [-0.2, -0.15) is 5.10 Å². The molecule has 0 radical (unpaired) electrons. The molecule has 0 bridgehead atoms. The fourth-order valence-electron chi connectivity index (χ4n) is 3.81. The van der Waals surface area contributed by atoms with Crippen molar-refractivity contribution in [2.75, 3.05) is 19.7 Å². The smallest absolute Gasteiger partial charge is 0.203 e. The highest BCUT2D eigenvalue weighted by molar-refractivity contribution is 7.71. The molecule has 0 saturated carbocycles. The summed E-state index contributed by atoms with van der Waals surface area (Å²) in [5.74, 6) is 2.27. The molecule has 5 rings (SSSR count). The summed E-state index contributed by atoms with van der Waals surface area (Å²) in [6.07, 6.45) is 2.14. The molecule has 0 unspecified atom stereocenters. The van der Waals surface area contributed by atoms with Crippen molar-refractivity contribution >= 4 is 12.2 Å². The Labute approximate surface area is 168 Å². The topological polar surface area (TPSA) is 44.5 Å². The van der Waals surface area contributed by atoms with Crippen LogP contribution < -0.4 is 9.47 Å². The molecule has 28 heavy (non-hydrogen) atoms. The first-order valence-corrected chi connectivity index (χ1v) is 10.1. The number of nitrogens with zero attached hydrogens (tertiary/aromatic N) is 4. The van der Waals surface area contributed by atoms with Gasteiger partial charge in [0.25, 0.3) is 0 Å². The van der Waals surface area contributed by atoms with Gasteiger partial charge in [-0.15, -0.1) is 0 Å². The SMILES string of the molecule is S=c1n(CN2CCCC2)nc([C@@H]2COc3ccccc3O2)n1-c1ccccc1. The number of para-hydroxylation sites is 3. The molecule has 7 heteroatoms. The lowest BCUT2D eigenvalue weighted by Gasteiger charge is -2.26. The van der Waals surface area contributed by atoms with E-state index in [1.165, 1.54) is 12.8 Å². The number of ether oxygens (including phenoxy) is 2. The van der Waals surface area contributed by atoms with Crippen LogP contribution in [0.2, 0.25) is 0 Å². The quantitative estimate of drug-likeness (QED) is 0.627. The zero-order valence-electron chi connectivity index (χ0n) is 15.5. The first-order valence-electron chi connectivity index (χ1n) is 9.65. The Morgan fingerprint density at radius 2 is 1.68 bits per heavy atom. The minimum Gasteiger partial charge on any atom is -0.485 e. The Kier molecular flexibility index (Phi) is 4.62. The summed E-state index contributed by atoms with van der Waals surface area (Å²) in [7, 11) is 0. The predicted octanol–water partition coefficient (Wildman–Crippen LogP) is 3.97. The first kappa shape index (κ1) is 17.5. The molecule has 1 aromatic heterocycles. The van der Waals surface area contributed by atoms with Crippen molar-refractivity contribution in [3.05, 3.63) is 65.2 Å². The van der Waals surface area contributed by atoms with Gasteiger partial charge in [0.05, 0.1) is 6.67 Å². The van der Waals surface area contributed by atoms with Crippen LogP contribution in [0.3, 0.4) is 0 Å². The molecule has 0 amide bonds. The number of benzene rings is 2. The lowest BCUT2D eigenvalue weighted by atomic mass is 10.2. The molecule has 2 aromatic carbocycles. The van der Waals surface area contributed by atoms with Crippen molar-refractivity contribution in [3.63, 3.8) is 0 Å². The summed E-state index contributed by atoms with van der Waals surface area (Å²) >= 11 is 5.82. The second-order valence-corrected chi connectivity index (χ2v) is 7.51. The van der Waals surface area contributed by atoms with E-state index in [-0.39, 0.29) is 6.10 Å². The second-order valence-electron chi connectivity index (χ2n) is 7.14. The standard InChI is InChI=1S/C21H22N4O2S/c28-21-24(15-23-12-6-7-13-23)22-20(25(21)16-8-2-1-3-9-16)19-14-26-17-10-4-5-11-18(17)27-19/h1-5,8-11,19H,6-7,12-15H2/t19-/m0/s1. The average Bonchev–Trinajstić information content (AvgIpc) is 3.37. The Hall–Kier alpha value is -2.64. The number of aromatic nitrogens is 3. The normalized spacial score (nSPS) is 19.1. The van der Waals surface area contributed by atoms with Gasteiger partial charge in [0.15, 0.2) is 23.4 Å². The Morgan fingerprint density at radius 3 is 2.46 bits per heavy atom. The molecule has 1 atom stereocenters. The lowest BCUT2D eigenvalue weighted by Crippen LogP contribution is -2.25. The predicted molar refractivity (Wildman–Crippen MR) is 109 cm³/mol. The molecule has 0 spiro atoms. The minimum absolute atomic E-state index is 0.323. The molecular formula is C21H22N4O2S. The molecule has 3 aromatic rings. The van der Waals surface area contributed by atoms with Gasteiger partial charge in [-0.1, -0.05) is 30.3 Å². The third-order valence-corrected chi connectivity index (χ3v) is 5.60. The van der Waals surface area contributed by atoms with Crippen molar-refractivity contribution < 1.29 is 9.47 Å². The highest BCUT2D eigenvalue weighted by Gasteiger charge is 2.29. The van der Waals surface area contributed by atoms with E-state index in [4.69, 9.17) is 26.8 Å². The molecule has 2 aliphatic heterocycles. The van der Waals surface area contributed by atoms with Gasteiger partial charge in [-0.05, 0) is 62.4 Å². The third-order valence-electron chi connectivity index (χ3n) is 5.21. The average molecular weight is 395 g/mol. The van der Waals surface area contributed by atoms with E-state index in [9.17, 15) is 0 Å². The van der Waals surface area contributed by atoms with Gasteiger partial charge in [0.1, 0.15) is 6.61 Å². The molecule has 144 valence electrons. The van der Waals surface area contributed by atoms with E-state index in [1.807, 2.05) is 63.8 Å². The van der Waals surface area contributed by atoms with Gasteiger partial charge in [-0.25, -0.2) is 4.68 Å². The van der Waals surface area contributed by atoms with Gasteiger partial charge in [0, 0.05) is 5.69 Å². The maximum absolute atomic E-state index is 6.24. The van der Waals surface area contributed by atoms with Crippen molar-refractivity contribution in [3.8, 4) is 17.2 Å². The fraction of sp³-hybridized carbons (Fsp3) is 0.333. The highest BCUT2D eigenvalue weighted by atomic mass is 32.1. The van der Waals surface area contributed by atoms with E-state index in [0.717, 1.165) is 36.1 Å². The van der Waals surface area contributed by atoms with Gasteiger partial charge < -0.3 is 9.47 Å². The lowest BCUT2D eigenvalue weighted by molar-refractivity contribution is 0.0830. The van der Waals surface area contributed by atoms with Crippen molar-refractivity contribution in [2.24, 2.45) is 0 Å². The van der Waals surface area contributed by atoms with Crippen LogP contribution in [-0.2, 0) is 6.67 Å². The van der Waals surface area contributed by atoms with Crippen LogP contribution in [-0.4, -0.2) is 38.9 Å². The molecule has 0 aliphatic carbocycles. The van der Waals surface area contributed by atoms with Crippen LogP contribution in [0, 0.1) is 4.77 Å². The first-order chi connectivity index (χ1) is 13.8. The van der Waals surface area contributed by atoms with E-state index in [1.54, 1.807) is 0 Å². The van der Waals surface area contributed by atoms with E-state index < -0.39 is 0 Å². The third kappa shape index (κ3) is 3.21. The summed E-state index contributed by atoms with van der Waals surface area (Å²) in [5.41, 5.74) is 0.984. The maximum Gasteiger partial charge on any atom is 0.203 e. The van der Waals surface area contributed by atoms with Crippen molar-refractivity contribution in [1.29, 1.82) is 0 Å². The minimum atomic E-state index is -0.323. The van der Waals surface area contributed by atoms with Crippen LogP contribution in [0.15, 0.2) is 54.6 Å². The van der Waals surface area contributed by atoms with Gasteiger partial charge in [0.2, 0.25) is 4.77 Å². The summed E-state index contributed by atoms with van der Waals surface area (Å²) in [5, 5.41) is 4.87. The number of rotatable bonds is 4. The molecular weight excluding hydrogens is 372 g/mol.